The maximum atomic E-state index is 15.0. The van der Waals surface area contributed by atoms with E-state index in [0.29, 0.717) is 17.7 Å². The van der Waals surface area contributed by atoms with Crippen molar-refractivity contribution in [3.63, 3.8) is 0 Å². The van der Waals surface area contributed by atoms with Gasteiger partial charge in [-0.2, -0.15) is 0 Å². The van der Waals surface area contributed by atoms with Crippen LogP contribution in [-0.4, -0.2) is 9.55 Å². The number of halogens is 2. The minimum Gasteiger partial charge on any atom is -0.345 e. The Kier molecular flexibility index (Phi) is 3.48. The normalized spacial score (nSPS) is 11.1. The topological polar surface area (TPSA) is 41.7 Å². The van der Waals surface area contributed by atoms with Gasteiger partial charge in [0, 0.05) is 30.5 Å². The van der Waals surface area contributed by atoms with Crippen LogP contribution in [0.3, 0.4) is 0 Å². The van der Waals surface area contributed by atoms with Gasteiger partial charge in [-0.15, -0.1) is 0 Å². The lowest BCUT2D eigenvalue weighted by Crippen LogP contribution is -2.14. The predicted octanol–water partition coefficient (Wildman–Crippen LogP) is 3.79. The Hall–Kier alpha value is -2.56. The van der Waals surface area contributed by atoms with Crippen molar-refractivity contribution < 1.29 is 8.78 Å². The second kappa shape index (κ2) is 5.33. The smallest absolute Gasteiger partial charge is 0.158 e. The number of rotatable bonds is 2. The molecule has 0 aliphatic heterocycles. The fourth-order valence-electron chi connectivity index (χ4n) is 2.69. The van der Waals surface area contributed by atoms with Crippen molar-refractivity contribution in [2.45, 2.75) is 20.4 Å². The number of fused-ring (bicyclic) bond motifs is 1. The summed E-state index contributed by atoms with van der Waals surface area (Å²) in [6.07, 6.45) is 4.72. The molecule has 0 bridgehead atoms. The van der Waals surface area contributed by atoms with E-state index in [-0.39, 0.29) is 21.8 Å². The molecule has 2 aromatic heterocycles. The summed E-state index contributed by atoms with van der Waals surface area (Å²) in [5, 5.41) is 8.51. The molecule has 3 nitrogen and oxygen atoms in total. The van der Waals surface area contributed by atoms with Crippen molar-refractivity contribution in [3.8, 4) is 11.1 Å². The SMILES string of the molecule is CCn1cc(C)c(=N)c2cc(F)c(-c3ccncc3)c(F)c21. The molecule has 0 atom stereocenters. The Morgan fingerprint density at radius 2 is 1.91 bits per heavy atom. The summed E-state index contributed by atoms with van der Waals surface area (Å²) in [6.45, 7) is 4.19. The summed E-state index contributed by atoms with van der Waals surface area (Å²) < 4.78 is 31.2. The molecule has 112 valence electrons. The molecule has 0 aliphatic rings. The lowest BCUT2D eigenvalue weighted by molar-refractivity contribution is 0.590. The van der Waals surface area contributed by atoms with E-state index in [4.69, 9.17) is 5.41 Å². The van der Waals surface area contributed by atoms with Crippen LogP contribution in [-0.2, 0) is 6.54 Å². The molecule has 5 heteroatoms. The molecule has 0 saturated heterocycles. The minimum atomic E-state index is -0.669. The van der Waals surface area contributed by atoms with Crippen molar-refractivity contribution in [2.75, 3.05) is 0 Å². The molecule has 0 amide bonds. The Morgan fingerprint density at radius 1 is 1.23 bits per heavy atom. The number of nitrogens with one attached hydrogen (secondary N) is 1. The zero-order valence-electron chi connectivity index (χ0n) is 12.3. The standard InChI is InChI=1S/C17H15F2N3/c1-3-22-9-10(2)16(20)12-8-13(18)14(15(19)17(12)22)11-4-6-21-7-5-11/h4-9,20H,3H2,1-2H3. The van der Waals surface area contributed by atoms with Gasteiger partial charge in [0.05, 0.1) is 16.4 Å². The maximum Gasteiger partial charge on any atom is 0.158 e. The van der Waals surface area contributed by atoms with E-state index < -0.39 is 11.6 Å². The number of nitrogens with zero attached hydrogens (tertiary/aromatic N) is 2. The average molecular weight is 299 g/mol. The summed E-state index contributed by atoms with van der Waals surface area (Å²) in [4.78, 5) is 3.87. The van der Waals surface area contributed by atoms with Crippen LogP contribution >= 0.6 is 0 Å². The van der Waals surface area contributed by atoms with Gasteiger partial charge in [-0.3, -0.25) is 10.4 Å². The molecule has 3 aromatic rings. The molecule has 2 heterocycles. The van der Waals surface area contributed by atoms with Crippen LogP contribution < -0.4 is 5.36 Å². The van der Waals surface area contributed by atoms with Crippen LogP contribution in [0.4, 0.5) is 8.78 Å². The van der Waals surface area contributed by atoms with Gasteiger partial charge in [0.25, 0.3) is 0 Å². The van der Waals surface area contributed by atoms with Gasteiger partial charge in [0.2, 0.25) is 0 Å². The van der Waals surface area contributed by atoms with Crippen LogP contribution in [0.15, 0.2) is 36.8 Å². The second-order valence-corrected chi connectivity index (χ2v) is 5.15. The molecule has 1 aromatic carbocycles. The first-order valence-corrected chi connectivity index (χ1v) is 7.01. The first-order valence-electron chi connectivity index (χ1n) is 7.01. The Labute approximate surface area is 126 Å². The number of aromatic nitrogens is 2. The number of pyridine rings is 2. The molecule has 0 aliphatic carbocycles. The van der Waals surface area contributed by atoms with E-state index in [1.54, 1.807) is 29.8 Å². The monoisotopic (exact) mass is 299 g/mol. The van der Waals surface area contributed by atoms with Crippen molar-refractivity contribution in [1.29, 1.82) is 5.41 Å². The lowest BCUT2D eigenvalue weighted by Gasteiger charge is -2.15. The average Bonchev–Trinajstić information content (AvgIpc) is 2.52. The molecule has 0 spiro atoms. The van der Waals surface area contributed by atoms with E-state index in [0.717, 1.165) is 0 Å². The maximum absolute atomic E-state index is 15.0. The summed E-state index contributed by atoms with van der Waals surface area (Å²) in [7, 11) is 0. The van der Waals surface area contributed by atoms with Crippen LogP contribution in [0.25, 0.3) is 22.0 Å². The highest BCUT2D eigenvalue weighted by atomic mass is 19.1. The third-order valence-corrected chi connectivity index (χ3v) is 3.80. The fourth-order valence-corrected chi connectivity index (χ4v) is 2.69. The fraction of sp³-hybridized carbons (Fsp3) is 0.176. The van der Waals surface area contributed by atoms with Gasteiger partial charge in [-0.05, 0) is 43.2 Å². The zero-order chi connectivity index (χ0) is 15.9. The molecular formula is C17H15F2N3. The van der Waals surface area contributed by atoms with Crippen LogP contribution in [0.5, 0.6) is 0 Å². The van der Waals surface area contributed by atoms with Gasteiger partial charge in [0.1, 0.15) is 5.82 Å². The Balaban J connectivity index is 2.48. The third kappa shape index (κ3) is 2.09. The molecule has 0 unspecified atom stereocenters. The largest absolute Gasteiger partial charge is 0.345 e. The van der Waals surface area contributed by atoms with E-state index in [9.17, 15) is 4.39 Å². The first kappa shape index (κ1) is 14.4. The van der Waals surface area contributed by atoms with Crippen LogP contribution in [0.1, 0.15) is 12.5 Å². The van der Waals surface area contributed by atoms with Gasteiger partial charge in [0.15, 0.2) is 5.82 Å². The van der Waals surface area contributed by atoms with E-state index in [1.807, 2.05) is 6.92 Å². The van der Waals surface area contributed by atoms with Crippen molar-refractivity contribution in [3.05, 3.63) is 59.3 Å². The molecular weight excluding hydrogens is 284 g/mol. The third-order valence-electron chi connectivity index (χ3n) is 3.80. The summed E-state index contributed by atoms with van der Waals surface area (Å²) in [6, 6.07) is 4.38. The van der Waals surface area contributed by atoms with Gasteiger partial charge < -0.3 is 4.57 Å². The highest BCUT2D eigenvalue weighted by Gasteiger charge is 2.18. The predicted molar refractivity (Wildman–Crippen MR) is 81.4 cm³/mol. The molecule has 22 heavy (non-hydrogen) atoms. The molecule has 0 radical (unpaired) electrons. The number of hydrogen-bond donors (Lipinski definition) is 1. The van der Waals surface area contributed by atoms with E-state index in [2.05, 4.69) is 4.98 Å². The molecule has 3 rings (SSSR count). The van der Waals surface area contributed by atoms with E-state index in [1.165, 1.54) is 18.5 Å². The van der Waals surface area contributed by atoms with Crippen molar-refractivity contribution in [2.24, 2.45) is 0 Å². The summed E-state index contributed by atoms with van der Waals surface area (Å²) in [5.74, 6) is -1.31. The first-order chi connectivity index (χ1) is 10.5. The van der Waals surface area contributed by atoms with Crippen LogP contribution in [0, 0.1) is 24.0 Å². The minimum absolute atomic E-state index is 0.0830. The number of aryl methyl sites for hydroxylation is 2. The van der Waals surface area contributed by atoms with Gasteiger partial charge in [-0.1, -0.05) is 0 Å². The van der Waals surface area contributed by atoms with E-state index >= 15 is 4.39 Å². The quantitative estimate of drug-likeness (QED) is 0.768. The highest BCUT2D eigenvalue weighted by molar-refractivity contribution is 5.86. The van der Waals surface area contributed by atoms with Crippen molar-refractivity contribution in [1.82, 2.24) is 9.55 Å². The van der Waals surface area contributed by atoms with Crippen LogP contribution in [0.2, 0.25) is 0 Å². The number of benzene rings is 1. The summed E-state index contributed by atoms with van der Waals surface area (Å²) in [5.41, 5.74) is 1.29. The summed E-state index contributed by atoms with van der Waals surface area (Å²) >= 11 is 0. The Morgan fingerprint density at radius 3 is 2.55 bits per heavy atom. The molecule has 1 N–H and O–H groups in total. The Bertz CT molecular complexity index is 915. The zero-order valence-corrected chi connectivity index (χ0v) is 12.3. The second-order valence-electron chi connectivity index (χ2n) is 5.15. The molecule has 0 saturated carbocycles. The lowest BCUT2D eigenvalue weighted by atomic mass is 10.0. The van der Waals surface area contributed by atoms with Gasteiger partial charge in [-0.25, -0.2) is 8.78 Å². The highest BCUT2D eigenvalue weighted by Crippen LogP contribution is 2.30. The number of hydrogen-bond acceptors (Lipinski definition) is 2. The van der Waals surface area contributed by atoms with Gasteiger partial charge >= 0.3 is 0 Å². The molecule has 0 fully saturated rings. The van der Waals surface area contributed by atoms with Crippen molar-refractivity contribution >= 4 is 10.9 Å².